The molecule has 100 valence electrons. The fourth-order valence-corrected chi connectivity index (χ4v) is 2.83. The van der Waals surface area contributed by atoms with Crippen LogP contribution in [0.4, 0.5) is 0 Å². The molecule has 1 heterocycles. The molecule has 0 N–H and O–H groups in total. The number of alkyl halides is 1. The molecule has 0 aliphatic rings. The van der Waals surface area contributed by atoms with Gasteiger partial charge in [0.15, 0.2) is 0 Å². The molecule has 0 bridgehead atoms. The molecule has 0 amide bonds. The highest BCUT2D eigenvalue weighted by Crippen LogP contribution is 2.28. The highest BCUT2D eigenvalue weighted by Gasteiger charge is 2.04. The lowest BCUT2D eigenvalue weighted by atomic mass is 10.2. The van der Waals surface area contributed by atoms with Gasteiger partial charge in [0.25, 0.3) is 0 Å². The van der Waals surface area contributed by atoms with Crippen molar-refractivity contribution in [1.29, 1.82) is 0 Å². The fourth-order valence-electron chi connectivity index (χ4n) is 1.94. The van der Waals surface area contributed by atoms with E-state index in [2.05, 4.69) is 20.9 Å². The number of hydrogen-bond acceptors (Lipinski definition) is 2. The summed E-state index contributed by atoms with van der Waals surface area (Å²) in [5.41, 5.74) is 1.99. The van der Waals surface area contributed by atoms with E-state index in [0.29, 0.717) is 16.5 Å². The zero-order valence-corrected chi connectivity index (χ0v) is 12.9. The summed E-state index contributed by atoms with van der Waals surface area (Å²) in [6.45, 7) is 0. The first-order chi connectivity index (χ1) is 9.76. The number of aromatic nitrogens is 1. The van der Waals surface area contributed by atoms with Crippen LogP contribution in [0.5, 0.6) is 11.5 Å². The van der Waals surface area contributed by atoms with Crippen molar-refractivity contribution in [2.24, 2.45) is 0 Å². The highest BCUT2D eigenvalue weighted by molar-refractivity contribution is 9.08. The van der Waals surface area contributed by atoms with Crippen molar-refractivity contribution in [1.82, 2.24) is 4.98 Å². The zero-order valence-electron chi connectivity index (χ0n) is 10.5. The average Bonchev–Trinajstić information content (AvgIpc) is 2.47. The summed E-state index contributed by atoms with van der Waals surface area (Å²) >= 11 is 9.56. The Morgan fingerprint density at radius 2 is 1.90 bits per heavy atom. The molecule has 0 spiro atoms. The molecule has 4 heteroatoms. The third-order valence-corrected chi connectivity index (χ3v) is 3.93. The third kappa shape index (κ3) is 2.79. The van der Waals surface area contributed by atoms with Crippen molar-refractivity contribution < 1.29 is 4.74 Å². The minimum atomic E-state index is 0.688. The Bertz CT molecular complexity index is 760. The summed E-state index contributed by atoms with van der Waals surface area (Å²) in [4.78, 5) is 4.37. The van der Waals surface area contributed by atoms with E-state index in [0.717, 1.165) is 21.8 Å². The smallest absolute Gasteiger partial charge is 0.146 e. The maximum Gasteiger partial charge on any atom is 0.146 e. The van der Waals surface area contributed by atoms with Gasteiger partial charge >= 0.3 is 0 Å². The number of pyridine rings is 1. The highest BCUT2D eigenvalue weighted by atomic mass is 79.9. The second kappa shape index (κ2) is 5.81. The van der Waals surface area contributed by atoms with Gasteiger partial charge in [-0.25, -0.2) is 0 Å². The topological polar surface area (TPSA) is 22.1 Å². The van der Waals surface area contributed by atoms with Gasteiger partial charge in [0.05, 0.1) is 11.7 Å². The largest absolute Gasteiger partial charge is 0.456 e. The Kier molecular flexibility index (Phi) is 3.90. The maximum absolute atomic E-state index is 6.17. The minimum Gasteiger partial charge on any atom is -0.456 e. The number of ether oxygens (including phenoxy) is 1. The van der Waals surface area contributed by atoms with Crippen LogP contribution in [0, 0.1) is 0 Å². The van der Waals surface area contributed by atoms with Crippen LogP contribution in [-0.4, -0.2) is 4.98 Å². The number of halogens is 2. The molecular weight excluding hydrogens is 338 g/mol. The van der Waals surface area contributed by atoms with E-state index < -0.39 is 0 Å². The van der Waals surface area contributed by atoms with Crippen LogP contribution in [0.1, 0.15) is 5.56 Å². The van der Waals surface area contributed by atoms with Crippen LogP contribution in [0.3, 0.4) is 0 Å². The van der Waals surface area contributed by atoms with Gasteiger partial charge in [-0.1, -0.05) is 51.8 Å². The summed E-state index contributed by atoms with van der Waals surface area (Å²) in [5.74, 6) is 1.41. The first kappa shape index (κ1) is 13.4. The molecule has 2 aromatic carbocycles. The van der Waals surface area contributed by atoms with Gasteiger partial charge in [0.2, 0.25) is 0 Å². The molecule has 0 saturated heterocycles. The minimum absolute atomic E-state index is 0.688. The van der Waals surface area contributed by atoms with Crippen LogP contribution in [0.2, 0.25) is 5.02 Å². The molecule has 0 aliphatic carbocycles. The van der Waals surface area contributed by atoms with E-state index in [1.165, 1.54) is 0 Å². The molecule has 3 aromatic rings. The molecule has 0 aliphatic heterocycles. The normalized spacial score (nSPS) is 10.7. The second-order valence-corrected chi connectivity index (χ2v) is 5.32. The molecule has 0 unspecified atom stereocenters. The number of fused-ring (bicyclic) bond motifs is 1. The molecular formula is C16H11BrClNO. The second-order valence-electron chi connectivity index (χ2n) is 4.35. The Morgan fingerprint density at radius 3 is 2.70 bits per heavy atom. The number of para-hydroxylation sites is 1. The molecule has 1 aromatic heterocycles. The van der Waals surface area contributed by atoms with Gasteiger partial charge in [-0.3, -0.25) is 4.98 Å². The molecule has 0 atom stereocenters. The van der Waals surface area contributed by atoms with Crippen molar-refractivity contribution >= 4 is 38.4 Å². The predicted molar refractivity (Wildman–Crippen MR) is 85.9 cm³/mol. The third-order valence-electron chi connectivity index (χ3n) is 2.97. The first-order valence-electron chi connectivity index (χ1n) is 6.13. The quantitative estimate of drug-likeness (QED) is 0.577. The standard InChI is InChI=1S/C16H11BrClNO/c17-9-12-5-6-13(8-15(12)18)20-14-7-11-3-1-2-4-16(11)19-10-14/h1-8,10H,9H2. The molecule has 0 saturated carbocycles. The summed E-state index contributed by atoms with van der Waals surface area (Å²) < 4.78 is 5.80. The van der Waals surface area contributed by atoms with Crippen molar-refractivity contribution in [2.45, 2.75) is 5.33 Å². The number of hydrogen-bond donors (Lipinski definition) is 0. The number of nitrogens with zero attached hydrogens (tertiary/aromatic N) is 1. The van der Waals surface area contributed by atoms with E-state index >= 15 is 0 Å². The van der Waals surface area contributed by atoms with Gasteiger partial charge in [-0.05, 0) is 29.8 Å². The van der Waals surface area contributed by atoms with Gasteiger partial charge < -0.3 is 4.74 Å². The summed E-state index contributed by atoms with van der Waals surface area (Å²) in [5, 5.41) is 2.46. The van der Waals surface area contributed by atoms with Crippen LogP contribution >= 0.6 is 27.5 Å². The van der Waals surface area contributed by atoms with Gasteiger partial charge in [0, 0.05) is 15.7 Å². The number of rotatable bonds is 3. The fraction of sp³-hybridized carbons (Fsp3) is 0.0625. The van der Waals surface area contributed by atoms with Crippen molar-refractivity contribution in [3.63, 3.8) is 0 Å². The van der Waals surface area contributed by atoms with Gasteiger partial charge in [0.1, 0.15) is 11.5 Å². The van der Waals surface area contributed by atoms with Crippen LogP contribution < -0.4 is 4.74 Å². The summed E-state index contributed by atoms with van der Waals surface area (Å²) in [6.07, 6.45) is 1.72. The Balaban J connectivity index is 1.90. The SMILES string of the molecule is Clc1cc(Oc2cnc3ccccc3c2)ccc1CBr. The van der Waals surface area contributed by atoms with Crippen molar-refractivity contribution in [2.75, 3.05) is 0 Å². The molecule has 3 rings (SSSR count). The van der Waals surface area contributed by atoms with E-state index in [-0.39, 0.29) is 0 Å². The lowest BCUT2D eigenvalue weighted by Gasteiger charge is -2.08. The summed E-state index contributed by atoms with van der Waals surface area (Å²) in [6, 6.07) is 15.6. The molecule has 0 radical (unpaired) electrons. The van der Waals surface area contributed by atoms with E-state index in [1.54, 1.807) is 6.20 Å². The lowest BCUT2D eigenvalue weighted by Crippen LogP contribution is -1.88. The average molecular weight is 349 g/mol. The Hall–Kier alpha value is -1.58. The van der Waals surface area contributed by atoms with Gasteiger partial charge in [-0.15, -0.1) is 0 Å². The molecule has 2 nitrogen and oxygen atoms in total. The van der Waals surface area contributed by atoms with E-state index in [9.17, 15) is 0 Å². The van der Waals surface area contributed by atoms with E-state index in [1.807, 2.05) is 48.5 Å². The Labute approximate surface area is 130 Å². The van der Waals surface area contributed by atoms with Crippen LogP contribution in [-0.2, 0) is 5.33 Å². The first-order valence-corrected chi connectivity index (χ1v) is 7.63. The predicted octanol–water partition coefficient (Wildman–Crippen LogP) is 5.58. The number of benzene rings is 2. The van der Waals surface area contributed by atoms with Crippen molar-refractivity contribution in [3.05, 3.63) is 65.3 Å². The van der Waals surface area contributed by atoms with Crippen LogP contribution in [0.15, 0.2) is 54.7 Å². The maximum atomic E-state index is 6.17. The van der Waals surface area contributed by atoms with E-state index in [4.69, 9.17) is 16.3 Å². The van der Waals surface area contributed by atoms with Gasteiger partial charge in [-0.2, -0.15) is 0 Å². The van der Waals surface area contributed by atoms with Crippen LogP contribution in [0.25, 0.3) is 10.9 Å². The summed E-state index contributed by atoms with van der Waals surface area (Å²) in [7, 11) is 0. The Morgan fingerprint density at radius 1 is 1.05 bits per heavy atom. The molecule has 0 fully saturated rings. The zero-order chi connectivity index (χ0) is 13.9. The van der Waals surface area contributed by atoms with Crippen molar-refractivity contribution in [3.8, 4) is 11.5 Å². The lowest BCUT2D eigenvalue weighted by molar-refractivity contribution is 0.481. The monoisotopic (exact) mass is 347 g/mol. The molecule has 20 heavy (non-hydrogen) atoms.